The van der Waals surface area contributed by atoms with Crippen LogP contribution in [-0.2, 0) is 0 Å². The molecule has 2 atom stereocenters. The maximum absolute atomic E-state index is 11.3. The highest BCUT2D eigenvalue weighted by molar-refractivity contribution is 9.10. The molecule has 1 aliphatic carbocycles. The molecule has 1 heterocycles. The van der Waals surface area contributed by atoms with Gasteiger partial charge in [-0.3, -0.25) is 0 Å². The second-order valence-electron chi connectivity index (χ2n) is 9.77. The molecule has 3 rings (SSSR count). The zero-order chi connectivity index (χ0) is 20.5. The molecular formula is C23H34BrNO3. The van der Waals surface area contributed by atoms with Crippen molar-refractivity contribution in [1.82, 2.24) is 4.90 Å². The second kappa shape index (κ2) is 8.25. The molecule has 0 aromatic heterocycles. The normalized spacial score (nSPS) is 24.5. The topological polar surface area (TPSA) is 49.8 Å². The SMILES string of the molecule is Cc1c(Br)cccc1OCCC1CCC2(CCN(C(=O)O)CC2)C1C(C)(C)C. The summed E-state index contributed by atoms with van der Waals surface area (Å²) in [5.74, 6) is 2.22. The summed E-state index contributed by atoms with van der Waals surface area (Å²) in [6, 6.07) is 6.10. The van der Waals surface area contributed by atoms with Gasteiger partial charge in [-0.15, -0.1) is 0 Å². The monoisotopic (exact) mass is 451 g/mol. The fourth-order valence-corrected chi connectivity index (χ4v) is 6.35. The molecule has 156 valence electrons. The Morgan fingerprint density at radius 2 is 1.96 bits per heavy atom. The van der Waals surface area contributed by atoms with Gasteiger partial charge in [-0.05, 0) is 73.8 Å². The highest BCUT2D eigenvalue weighted by atomic mass is 79.9. The maximum atomic E-state index is 11.3. The van der Waals surface area contributed by atoms with Crippen LogP contribution in [0.15, 0.2) is 22.7 Å². The molecule has 5 heteroatoms. The Bertz CT molecular complexity index is 704. The predicted octanol–water partition coefficient (Wildman–Crippen LogP) is 6.36. The van der Waals surface area contributed by atoms with Gasteiger partial charge in [0.15, 0.2) is 0 Å². The number of amides is 1. The van der Waals surface area contributed by atoms with Crippen molar-refractivity contribution in [3.63, 3.8) is 0 Å². The highest BCUT2D eigenvalue weighted by Gasteiger charge is 2.53. The number of carboxylic acid groups (broad SMARTS) is 1. The number of nitrogens with zero attached hydrogens (tertiary/aromatic N) is 1. The average molecular weight is 452 g/mol. The zero-order valence-corrected chi connectivity index (χ0v) is 19.2. The molecule has 1 aliphatic heterocycles. The van der Waals surface area contributed by atoms with E-state index in [1.807, 2.05) is 18.2 Å². The fourth-order valence-electron chi connectivity index (χ4n) is 6.00. The Morgan fingerprint density at radius 1 is 1.29 bits per heavy atom. The number of hydrogen-bond donors (Lipinski definition) is 1. The number of likely N-dealkylation sites (tertiary alicyclic amines) is 1. The molecule has 1 spiro atoms. The molecule has 4 nitrogen and oxygen atoms in total. The molecule has 2 unspecified atom stereocenters. The first-order valence-corrected chi connectivity index (χ1v) is 11.3. The number of hydrogen-bond acceptors (Lipinski definition) is 2. The van der Waals surface area contributed by atoms with Crippen LogP contribution in [0.5, 0.6) is 5.75 Å². The van der Waals surface area contributed by atoms with Gasteiger partial charge in [0.25, 0.3) is 0 Å². The molecule has 2 aliphatic rings. The lowest BCUT2D eigenvalue weighted by Gasteiger charge is -2.49. The number of benzene rings is 1. The fraction of sp³-hybridized carbons (Fsp3) is 0.696. The molecular weight excluding hydrogens is 418 g/mol. The molecule has 1 N–H and O–H groups in total. The van der Waals surface area contributed by atoms with Crippen LogP contribution in [0.25, 0.3) is 0 Å². The largest absolute Gasteiger partial charge is 0.493 e. The number of ether oxygens (including phenoxy) is 1. The van der Waals surface area contributed by atoms with Crippen LogP contribution in [0.4, 0.5) is 4.79 Å². The van der Waals surface area contributed by atoms with Crippen molar-refractivity contribution in [3.05, 3.63) is 28.2 Å². The van der Waals surface area contributed by atoms with Crippen LogP contribution < -0.4 is 4.74 Å². The minimum atomic E-state index is -0.769. The minimum Gasteiger partial charge on any atom is -0.493 e. The Balaban J connectivity index is 1.66. The van der Waals surface area contributed by atoms with Gasteiger partial charge in [0.05, 0.1) is 6.61 Å². The first-order chi connectivity index (χ1) is 13.1. The Morgan fingerprint density at radius 3 is 2.57 bits per heavy atom. The van der Waals surface area contributed by atoms with Gasteiger partial charge < -0.3 is 14.7 Å². The lowest BCUT2D eigenvalue weighted by atomic mass is 9.59. The number of piperidine rings is 1. The van der Waals surface area contributed by atoms with Crippen molar-refractivity contribution in [2.24, 2.45) is 22.7 Å². The first-order valence-electron chi connectivity index (χ1n) is 10.5. The highest BCUT2D eigenvalue weighted by Crippen LogP contribution is 2.60. The Hall–Kier alpha value is -1.23. The number of rotatable bonds is 4. The maximum Gasteiger partial charge on any atom is 0.407 e. The van der Waals surface area contributed by atoms with E-state index in [0.717, 1.165) is 41.7 Å². The molecule has 1 saturated carbocycles. The standard InChI is InChI=1S/C23H34BrNO3/c1-16-18(24)6-5-7-19(16)28-15-9-17-8-10-23(20(17)22(2,3)4)11-13-25(14-12-23)21(26)27/h5-7,17,20H,8-15H2,1-4H3,(H,26,27). The van der Waals surface area contributed by atoms with Gasteiger partial charge in [-0.25, -0.2) is 4.79 Å². The molecule has 0 bridgehead atoms. The van der Waals surface area contributed by atoms with Gasteiger partial charge in [0.2, 0.25) is 0 Å². The summed E-state index contributed by atoms with van der Waals surface area (Å²) in [5, 5.41) is 9.32. The smallest absolute Gasteiger partial charge is 0.407 e. The van der Waals surface area contributed by atoms with Gasteiger partial charge in [-0.1, -0.05) is 42.8 Å². The lowest BCUT2D eigenvalue weighted by molar-refractivity contribution is -0.000626. The van der Waals surface area contributed by atoms with E-state index in [2.05, 4.69) is 43.6 Å². The van der Waals surface area contributed by atoms with Crippen LogP contribution >= 0.6 is 15.9 Å². The summed E-state index contributed by atoms with van der Waals surface area (Å²) in [6.45, 7) is 11.3. The van der Waals surface area contributed by atoms with Crippen LogP contribution in [0.3, 0.4) is 0 Å². The van der Waals surface area contributed by atoms with E-state index in [4.69, 9.17) is 4.74 Å². The molecule has 2 fully saturated rings. The third kappa shape index (κ3) is 4.34. The second-order valence-corrected chi connectivity index (χ2v) is 10.6. The van der Waals surface area contributed by atoms with Gasteiger partial charge >= 0.3 is 6.09 Å². The van der Waals surface area contributed by atoms with Crippen molar-refractivity contribution in [2.45, 2.75) is 59.8 Å². The van der Waals surface area contributed by atoms with Crippen molar-refractivity contribution in [1.29, 1.82) is 0 Å². The van der Waals surface area contributed by atoms with Gasteiger partial charge in [0, 0.05) is 23.1 Å². The minimum absolute atomic E-state index is 0.220. The molecule has 1 amide bonds. The van der Waals surface area contributed by atoms with Crippen molar-refractivity contribution >= 4 is 22.0 Å². The van der Waals surface area contributed by atoms with Crippen LogP contribution in [0, 0.1) is 29.6 Å². The van der Waals surface area contributed by atoms with Crippen molar-refractivity contribution < 1.29 is 14.6 Å². The quantitative estimate of drug-likeness (QED) is 0.579. The summed E-state index contributed by atoms with van der Waals surface area (Å²) in [5.41, 5.74) is 1.66. The molecule has 0 radical (unpaired) electrons. The van der Waals surface area contributed by atoms with Crippen molar-refractivity contribution in [3.8, 4) is 5.75 Å². The Labute approximate surface area is 177 Å². The summed E-state index contributed by atoms with van der Waals surface area (Å²) in [7, 11) is 0. The molecule has 1 aromatic rings. The van der Waals surface area contributed by atoms with Crippen LogP contribution in [0.1, 0.15) is 58.4 Å². The van der Waals surface area contributed by atoms with E-state index < -0.39 is 6.09 Å². The van der Waals surface area contributed by atoms with E-state index in [0.29, 0.717) is 30.3 Å². The summed E-state index contributed by atoms with van der Waals surface area (Å²) in [6.07, 6.45) is 4.76. The third-order valence-electron chi connectivity index (χ3n) is 7.07. The van der Waals surface area contributed by atoms with Gasteiger partial charge in [-0.2, -0.15) is 0 Å². The van der Waals surface area contributed by atoms with Crippen LogP contribution in [0.2, 0.25) is 0 Å². The van der Waals surface area contributed by atoms with E-state index >= 15 is 0 Å². The van der Waals surface area contributed by atoms with E-state index in [9.17, 15) is 9.90 Å². The summed E-state index contributed by atoms with van der Waals surface area (Å²) >= 11 is 3.58. The number of halogens is 1. The molecule has 1 aromatic carbocycles. The summed E-state index contributed by atoms with van der Waals surface area (Å²) in [4.78, 5) is 12.9. The van der Waals surface area contributed by atoms with Gasteiger partial charge in [0.1, 0.15) is 5.75 Å². The van der Waals surface area contributed by atoms with E-state index in [1.54, 1.807) is 4.90 Å². The lowest BCUT2D eigenvalue weighted by Crippen LogP contribution is -2.47. The summed E-state index contributed by atoms with van der Waals surface area (Å²) < 4.78 is 7.23. The predicted molar refractivity (Wildman–Crippen MR) is 116 cm³/mol. The number of carbonyl (C=O) groups is 1. The molecule has 1 saturated heterocycles. The van der Waals surface area contributed by atoms with Crippen LogP contribution in [-0.4, -0.2) is 35.8 Å². The van der Waals surface area contributed by atoms with Crippen molar-refractivity contribution in [2.75, 3.05) is 19.7 Å². The first kappa shape index (κ1) is 21.5. The third-order valence-corrected chi connectivity index (χ3v) is 7.93. The zero-order valence-electron chi connectivity index (χ0n) is 17.6. The average Bonchev–Trinajstić information content (AvgIpc) is 2.97. The van der Waals surface area contributed by atoms with E-state index in [-0.39, 0.29) is 5.41 Å². The Kier molecular flexibility index (Phi) is 6.33. The van der Waals surface area contributed by atoms with E-state index in [1.165, 1.54) is 12.8 Å². The molecule has 28 heavy (non-hydrogen) atoms.